The summed E-state index contributed by atoms with van der Waals surface area (Å²) in [6.07, 6.45) is 1.66. The van der Waals surface area contributed by atoms with Crippen molar-refractivity contribution in [2.24, 2.45) is 5.92 Å². The molecule has 23 heavy (non-hydrogen) atoms. The predicted molar refractivity (Wildman–Crippen MR) is 96.0 cm³/mol. The molecule has 1 aromatic carbocycles. The van der Waals surface area contributed by atoms with Crippen LogP contribution in [0.5, 0.6) is 0 Å². The van der Waals surface area contributed by atoms with Gasteiger partial charge in [-0.2, -0.15) is 0 Å². The minimum Gasteiger partial charge on any atom is -0.385 e. The van der Waals surface area contributed by atoms with Gasteiger partial charge < -0.3 is 10.6 Å². The highest BCUT2D eigenvalue weighted by Crippen LogP contribution is 2.24. The van der Waals surface area contributed by atoms with Gasteiger partial charge in [-0.3, -0.25) is 9.78 Å². The van der Waals surface area contributed by atoms with E-state index < -0.39 is 0 Å². The molecule has 0 aliphatic heterocycles. The summed E-state index contributed by atoms with van der Waals surface area (Å²) in [6.45, 7) is 9.37. The molecule has 1 heterocycles. The van der Waals surface area contributed by atoms with Crippen molar-refractivity contribution < 1.29 is 4.79 Å². The van der Waals surface area contributed by atoms with Gasteiger partial charge in [-0.1, -0.05) is 45.9 Å². The van der Waals surface area contributed by atoms with E-state index in [1.54, 1.807) is 12.3 Å². The molecule has 1 aromatic heterocycles. The van der Waals surface area contributed by atoms with E-state index in [2.05, 4.69) is 43.3 Å². The van der Waals surface area contributed by atoms with E-state index in [0.717, 1.165) is 23.5 Å². The van der Waals surface area contributed by atoms with E-state index in [9.17, 15) is 4.79 Å². The number of pyridine rings is 1. The number of anilines is 2. The Kier molecular flexibility index (Phi) is 5.74. The number of hydrogen-bond donors (Lipinski definition) is 2. The zero-order chi connectivity index (χ0) is 16.8. The molecule has 122 valence electrons. The molecule has 2 aromatic rings. The number of benzene rings is 1. The first-order valence-corrected chi connectivity index (χ1v) is 8.07. The fourth-order valence-corrected chi connectivity index (χ4v) is 2.29. The molecule has 0 spiro atoms. The largest absolute Gasteiger partial charge is 0.385 e. The van der Waals surface area contributed by atoms with Gasteiger partial charge >= 0.3 is 0 Å². The molecule has 4 heteroatoms. The number of nitrogens with zero attached hydrogens (tertiary/aromatic N) is 1. The minimum absolute atomic E-state index is 0.189. The van der Waals surface area contributed by atoms with E-state index in [-0.39, 0.29) is 5.91 Å². The highest BCUT2D eigenvalue weighted by atomic mass is 16.1. The third-order valence-corrected chi connectivity index (χ3v) is 3.54. The van der Waals surface area contributed by atoms with Crippen LogP contribution in [0.15, 0.2) is 42.6 Å². The van der Waals surface area contributed by atoms with Gasteiger partial charge in [0.05, 0.1) is 0 Å². The lowest BCUT2D eigenvalue weighted by Gasteiger charge is -2.14. The molecule has 0 unspecified atom stereocenters. The molecule has 0 saturated heterocycles. The molecule has 0 aliphatic carbocycles. The van der Waals surface area contributed by atoms with Gasteiger partial charge in [-0.25, -0.2) is 0 Å². The standard InChI is InChI=1S/C19H25N3O/c1-13(2)12-21-15-9-10-20-18(11-15)19(23)22-17-8-6-5-7-16(17)14(3)4/h5-11,13-14H,12H2,1-4H3,(H,20,21)(H,22,23). The lowest BCUT2D eigenvalue weighted by Crippen LogP contribution is -2.16. The fourth-order valence-electron chi connectivity index (χ4n) is 2.29. The van der Waals surface area contributed by atoms with E-state index in [0.29, 0.717) is 17.5 Å². The second kappa shape index (κ2) is 7.77. The second-order valence-corrected chi connectivity index (χ2v) is 6.40. The zero-order valence-corrected chi connectivity index (χ0v) is 14.3. The van der Waals surface area contributed by atoms with Crippen molar-refractivity contribution in [1.82, 2.24) is 4.98 Å². The van der Waals surface area contributed by atoms with E-state index in [1.165, 1.54) is 0 Å². The zero-order valence-electron chi connectivity index (χ0n) is 14.3. The first kappa shape index (κ1) is 17.0. The Labute approximate surface area is 138 Å². The average molecular weight is 311 g/mol. The molecular formula is C19H25N3O. The number of hydrogen-bond acceptors (Lipinski definition) is 3. The topological polar surface area (TPSA) is 54.0 Å². The number of para-hydroxylation sites is 1. The summed E-state index contributed by atoms with van der Waals surface area (Å²) >= 11 is 0. The van der Waals surface area contributed by atoms with Crippen molar-refractivity contribution in [2.45, 2.75) is 33.6 Å². The van der Waals surface area contributed by atoms with E-state index in [4.69, 9.17) is 0 Å². The SMILES string of the molecule is CC(C)CNc1ccnc(C(=O)Nc2ccccc2C(C)C)c1. The van der Waals surface area contributed by atoms with Crippen LogP contribution < -0.4 is 10.6 Å². The fraction of sp³-hybridized carbons (Fsp3) is 0.368. The number of amides is 1. The molecule has 4 nitrogen and oxygen atoms in total. The molecule has 1 amide bonds. The Balaban J connectivity index is 2.14. The molecule has 2 rings (SSSR count). The van der Waals surface area contributed by atoms with Gasteiger partial charge in [-0.15, -0.1) is 0 Å². The molecule has 2 N–H and O–H groups in total. The first-order valence-electron chi connectivity index (χ1n) is 8.07. The maximum Gasteiger partial charge on any atom is 0.274 e. The third-order valence-electron chi connectivity index (χ3n) is 3.54. The Morgan fingerprint density at radius 2 is 1.87 bits per heavy atom. The summed E-state index contributed by atoms with van der Waals surface area (Å²) in [5, 5.41) is 6.28. The molecular weight excluding hydrogens is 286 g/mol. The summed E-state index contributed by atoms with van der Waals surface area (Å²) in [7, 11) is 0. The van der Waals surface area contributed by atoms with E-state index >= 15 is 0 Å². The highest BCUT2D eigenvalue weighted by Gasteiger charge is 2.12. The van der Waals surface area contributed by atoms with Gasteiger partial charge in [0.25, 0.3) is 5.91 Å². The van der Waals surface area contributed by atoms with Crippen LogP contribution >= 0.6 is 0 Å². The lowest BCUT2D eigenvalue weighted by atomic mass is 10.0. The van der Waals surface area contributed by atoms with Crippen molar-refractivity contribution in [1.29, 1.82) is 0 Å². The lowest BCUT2D eigenvalue weighted by molar-refractivity contribution is 0.102. The number of aromatic nitrogens is 1. The summed E-state index contributed by atoms with van der Waals surface area (Å²) in [4.78, 5) is 16.7. The Morgan fingerprint density at radius 1 is 1.13 bits per heavy atom. The van der Waals surface area contributed by atoms with Gasteiger partial charge in [-0.05, 0) is 35.6 Å². The Morgan fingerprint density at radius 3 is 2.57 bits per heavy atom. The summed E-state index contributed by atoms with van der Waals surface area (Å²) in [5.74, 6) is 0.697. The third kappa shape index (κ3) is 4.81. The van der Waals surface area contributed by atoms with Crippen molar-refractivity contribution in [3.8, 4) is 0 Å². The molecule has 0 bridgehead atoms. The smallest absolute Gasteiger partial charge is 0.274 e. The summed E-state index contributed by atoms with van der Waals surface area (Å²) in [6, 6.07) is 11.5. The van der Waals surface area contributed by atoms with Crippen LogP contribution in [0.3, 0.4) is 0 Å². The molecule has 0 atom stereocenters. The second-order valence-electron chi connectivity index (χ2n) is 6.40. The summed E-state index contributed by atoms with van der Waals surface area (Å²) < 4.78 is 0. The van der Waals surface area contributed by atoms with Crippen LogP contribution in [-0.2, 0) is 0 Å². The van der Waals surface area contributed by atoms with Crippen molar-refractivity contribution in [2.75, 3.05) is 17.2 Å². The summed E-state index contributed by atoms with van der Waals surface area (Å²) in [5.41, 5.74) is 3.29. The highest BCUT2D eigenvalue weighted by molar-refractivity contribution is 6.03. The monoisotopic (exact) mass is 311 g/mol. The van der Waals surface area contributed by atoms with Crippen molar-refractivity contribution in [3.05, 3.63) is 53.9 Å². The molecule has 0 radical (unpaired) electrons. The van der Waals surface area contributed by atoms with Crippen LogP contribution in [0.4, 0.5) is 11.4 Å². The molecule has 0 saturated carbocycles. The number of carbonyl (C=O) groups excluding carboxylic acids is 1. The van der Waals surface area contributed by atoms with Crippen LogP contribution in [-0.4, -0.2) is 17.4 Å². The van der Waals surface area contributed by atoms with Gasteiger partial charge in [0, 0.05) is 24.1 Å². The first-order chi connectivity index (χ1) is 11.0. The average Bonchev–Trinajstić information content (AvgIpc) is 2.53. The van der Waals surface area contributed by atoms with Crippen molar-refractivity contribution >= 4 is 17.3 Å². The van der Waals surface area contributed by atoms with Crippen LogP contribution in [0.2, 0.25) is 0 Å². The minimum atomic E-state index is -0.189. The van der Waals surface area contributed by atoms with Crippen LogP contribution in [0, 0.1) is 5.92 Å². The van der Waals surface area contributed by atoms with Crippen LogP contribution in [0.25, 0.3) is 0 Å². The van der Waals surface area contributed by atoms with Crippen molar-refractivity contribution in [3.63, 3.8) is 0 Å². The van der Waals surface area contributed by atoms with Gasteiger partial charge in [0.15, 0.2) is 0 Å². The maximum atomic E-state index is 12.5. The predicted octanol–water partition coefficient (Wildman–Crippen LogP) is 4.53. The molecule has 0 fully saturated rings. The molecule has 0 aliphatic rings. The quantitative estimate of drug-likeness (QED) is 0.824. The number of rotatable bonds is 6. The maximum absolute atomic E-state index is 12.5. The normalized spacial score (nSPS) is 10.9. The van der Waals surface area contributed by atoms with Gasteiger partial charge in [0.2, 0.25) is 0 Å². The van der Waals surface area contributed by atoms with E-state index in [1.807, 2.05) is 30.3 Å². The number of nitrogens with one attached hydrogen (secondary N) is 2. The Hall–Kier alpha value is -2.36. The van der Waals surface area contributed by atoms with Gasteiger partial charge in [0.1, 0.15) is 5.69 Å². The number of carbonyl (C=O) groups is 1. The van der Waals surface area contributed by atoms with Crippen LogP contribution in [0.1, 0.15) is 49.7 Å². The Bertz CT molecular complexity index is 665.